The lowest BCUT2D eigenvalue weighted by molar-refractivity contribution is 0.288. The van der Waals surface area contributed by atoms with Crippen LogP contribution in [-0.2, 0) is 13.5 Å². The van der Waals surface area contributed by atoms with Gasteiger partial charge in [-0.3, -0.25) is 4.68 Å². The van der Waals surface area contributed by atoms with E-state index in [1.54, 1.807) is 0 Å². The Morgan fingerprint density at radius 2 is 2.29 bits per heavy atom. The second kappa shape index (κ2) is 3.80. The van der Waals surface area contributed by atoms with Gasteiger partial charge in [-0.05, 0) is 18.4 Å². The third-order valence-electron chi connectivity index (χ3n) is 2.34. The van der Waals surface area contributed by atoms with Crippen LogP contribution in [-0.4, -0.2) is 21.5 Å². The van der Waals surface area contributed by atoms with Crippen molar-refractivity contribution in [1.82, 2.24) is 9.78 Å². The summed E-state index contributed by atoms with van der Waals surface area (Å²) in [6.45, 7) is 0.239. The number of benzene rings is 1. The first-order chi connectivity index (χ1) is 6.81. The Balaban J connectivity index is 2.42. The van der Waals surface area contributed by atoms with Gasteiger partial charge in [0.2, 0.25) is 0 Å². The van der Waals surface area contributed by atoms with Crippen molar-refractivity contribution in [3.63, 3.8) is 0 Å². The molecule has 0 aliphatic carbocycles. The van der Waals surface area contributed by atoms with Crippen molar-refractivity contribution in [2.75, 3.05) is 6.61 Å². The van der Waals surface area contributed by atoms with E-state index in [1.165, 1.54) is 10.9 Å². The molecule has 0 radical (unpaired) electrons. The standard InChI is InChI=1S/C11H14N2O/c1-13-8-10-5-2-4-9(6-3-7-14)11(10)12-13/h2,4-5,8,14H,3,6-7H2,1H3. The third kappa shape index (κ3) is 1.63. The van der Waals surface area contributed by atoms with Crippen LogP contribution in [0.2, 0.25) is 0 Å². The fourth-order valence-corrected chi connectivity index (χ4v) is 1.70. The lowest BCUT2D eigenvalue weighted by atomic mass is 10.1. The predicted octanol–water partition coefficient (Wildman–Crippen LogP) is 1.50. The third-order valence-corrected chi connectivity index (χ3v) is 2.34. The average Bonchev–Trinajstić information content (AvgIpc) is 2.55. The van der Waals surface area contributed by atoms with Crippen LogP contribution >= 0.6 is 0 Å². The highest BCUT2D eigenvalue weighted by Crippen LogP contribution is 2.17. The van der Waals surface area contributed by atoms with Crippen LogP contribution in [0.15, 0.2) is 24.4 Å². The summed E-state index contributed by atoms with van der Waals surface area (Å²) in [5.74, 6) is 0. The molecule has 3 heteroatoms. The van der Waals surface area contributed by atoms with Crippen LogP contribution in [0, 0.1) is 0 Å². The Kier molecular flexibility index (Phi) is 2.50. The van der Waals surface area contributed by atoms with Crippen molar-refractivity contribution in [2.24, 2.45) is 7.05 Å². The van der Waals surface area contributed by atoms with E-state index in [-0.39, 0.29) is 6.61 Å². The number of hydrogen-bond acceptors (Lipinski definition) is 2. The number of rotatable bonds is 3. The van der Waals surface area contributed by atoms with Gasteiger partial charge in [-0.2, -0.15) is 5.10 Å². The van der Waals surface area contributed by atoms with Crippen LogP contribution in [0.4, 0.5) is 0 Å². The van der Waals surface area contributed by atoms with Crippen LogP contribution < -0.4 is 0 Å². The van der Waals surface area contributed by atoms with Gasteiger partial charge in [0.25, 0.3) is 0 Å². The van der Waals surface area contributed by atoms with Crippen LogP contribution in [0.3, 0.4) is 0 Å². The maximum absolute atomic E-state index is 8.78. The van der Waals surface area contributed by atoms with E-state index in [9.17, 15) is 0 Å². The van der Waals surface area contributed by atoms with Gasteiger partial charge in [0.05, 0.1) is 5.52 Å². The monoisotopic (exact) mass is 190 g/mol. The highest BCUT2D eigenvalue weighted by atomic mass is 16.2. The minimum atomic E-state index is 0.239. The van der Waals surface area contributed by atoms with Crippen LogP contribution in [0.25, 0.3) is 10.9 Å². The first-order valence-electron chi connectivity index (χ1n) is 4.83. The maximum Gasteiger partial charge on any atom is 0.0955 e. The lowest BCUT2D eigenvalue weighted by Gasteiger charge is -1.99. The molecule has 0 saturated heterocycles. The van der Waals surface area contributed by atoms with E-state index in [4.69, 9.17) is 5.11 Å². The summed E-state index contributed by atoms with van der Waals surface area (Å²) in [5, 5.41) is 14.3. The molecule has 3 nitrogen and oxygen atoms in total. The number of hydrogen-bond donors (Lipinski definition) is 1. The topological polar surface area (TPSA) is 38.0 Å². The van der Waals surface area contributed by atoms with Crippen LogP contribution in [0.5, 0.6) is 0 Å². The molecule has 74 valence electrons. The van der Waals surface area contributed by atoms with E-state index in [2.05, 4.69) is 17.2 Å². The molecule has 1 heterocycles. The number of aromatic nitrogens is 2. The second-order valence-corrected chi connectivity index (χ2v) is 3.48. The first kappa shape index (κ1) is 9.21. The molecule has 2 rings (SSSR count). The number of nitrogens with zero attached hydrogens (tertiary/aromatic N) is 2. The summed E-state index contributed by atoms with van der Waals surface area (Å²) < 4.78 is 1.83. The minimum absolute atomic E-state index is 0.239. The molecule has 0 aliphatic rings. The zero-order valence-corrected chi connectivity index (χ0v) is 8.27. The van der Waals surface area contributed by atoms with Crippen molar-refractivity contribution in [1.29, 1.82) is 0 Å². The Morgan fingerprint density at radius 3 is 3.07 bits per heavy atom. The zero-order valence-electron chi connectivity index (χ0n) is 8.27. The van der Waals surface area contributed by atoms with E-state index >= 15 is 0 Å². The Labute approximate surface area is 83.0 Å². The molecule has 0 bridgehead atoms. The summed E-state index contributed by atoms with van der Waals surface area (Å²) in [4.78, 5) is 0. The molecular formula is C11H14N2O. The van der Waals surface area contributed by atoms with Gasteiger partial charge in [-0.25, -0.2) is 0 Å². The second-order valence-electron chi connectivity index (χ2n) is 3.48. The Hall–Kier alpha value is -1.35. The van der Waals surface area contributed by atoms with Crippen LogP contribution in [0.1, 0.15) is 12.0 Å². The van der Waals surface area contributed by atoms with Crippen molar-refractivity contribution < 1.29 is 5.11 Å². The number of fused-ring (bicyclic) bond motifs is 1. The normalized spacial score (nSPS) is 11.0. The van der Waals surface area contributed by atoms with Gasteiger partial charge in [0.1, 0.15) is 0 Å². The quantitative estimate of drug-likeness (QED) is 0.796. The zero-order chi connectivity index (χ0) is 9.97. The molecule has 0 amide bonds. The summed E-state index contributed by atoms with van der Waals surface area (Å²) >= 11 is 0. The highest BCUT2D eigenvalue weighted by Gasteiger charge is 2.03. The average molecular weight is 190 g/mol. The Bertz CT molecular complexity index is 434. The molecular weight excluding hydrogens is 176 g/mol. The fraction of sp³-hybridized carbons (Fsp3) is 0.364. The first-order valence-corrected chi connectivity index (χ1v) is 4.83. The van der Waals surface area contributed by atoms with Gasteiger partial charge >= 0.3 is 0 Å². The molecule has 0 saturated carbocycles. The Morgan fingerprint density at radius 1 is 1.43 bits per heavy atom. The summed E-state index contributed by atoms with van der Waals surface area (Å²) in [6.07, 6.45) is 3.71. The summed E-state index contributed by atoms with van der Waals surface area (Å²) in [5.41, 5.74) is 2.28. The van der Waals surface area contributed by atoms with Gasteiger partial charge in [-0.1, -0.05) is 18.2 Å². The van der Waals surface area contributed by atoms with Crippen molar-refractivity contribution in [2.45, 2.75) is 12.8 Å². The van der Waals surface area contributed by atoms with Gasteiger partial charge in [0.15, 0.2) is 0 Å². The minimum Gasteiger partial charge on any atom is -0.396 e. The van der Waals surface area contributed by atoms with E-state index < -0.39 is 0 Å². The number of aliphatic hydroxyl groups is 1. The number of aryl methyl sites for hydroxylation is 2. The van der Waals surface area contributed by atoms with Gasteiger partial charge in [0, 0.05) is 25.2 Å². The van der Waals surface area contributed by atoms with Gasteiger partial charge < -0.3 is 5.11 Å². The molecule has 0 aliphatic heterocycles. The van der Waals surface area contributed by atoms with E-state index in [0.29, 0.717) is 0 Å². The largest absolute Gasteiger partial charge is 0.396 e. The fourth-order valence-electron chi connectivity index (χ4n) is 1.70. The molecule has 2 aromatic rings. The maximum atomic E-state index is 8.78. The molecule has 0 fully saturated rings. The van der Waals surface area contributed by atoms with E-state index in [0.717, 1.165) is 18.4 Å². The van der Waals surface area contributed by atoms with E-state index in [1.807, 2.05) is 24.0 Å². The molecule has 1 N–H and O–H groups in total. The molecule has 0 atom stereocenters. The SMILES string of the molecule is Cn1cc2cccc(CCCO)c2n1. The van der Waals surface area contributed by atoms with Crippen molar-refractivity contribution in [3.05, 3.63) is 30.0 Å². The lowest BCUT2D eigenvalue weighted by Crippen LogP contribution is -1.92. The smallest absolute Gasteiger partial charge is 0.0955 e. The highest BCUT2D eigenvalue weighted by molar-refractivity contribution is 5.81. The molecule has 1 aromatic carbocycles. The summed E-state index contributed by atoms with van der Waals surface area (Å²) in [7, 11) is 1.93. The summed E-state index contributed by atoms with van der Waals surface area (Å²) in [6, 6.07) is 6.17. The number of aliphatic hydroxyl groups excluding tert-OH is 1. The van der Waals surface area contributed by atoms with Crippen molar-refractivity contribution >= 4 is 10.9 Å². The molecule has 1 aromatic heterocycles. The molecule has 0 spiro atoms. The predicted molar refractivity (Wildman–Crippen MR) is 56.1 cm³/mol. The van der Waals surface area contributed by atoms with Crippen molar-refractivity contribution in [3.8, 4) is 0 Å². The molecule has 14 heavy (non-hydrogen) atoms. The van der Waals surface area contributed by atoms with Gasteiger partial charge in [-0.15, -0.1) is 0 Å². The molecule has 0 unspecified atom stereocenters.